The van der Waals surface area contributed by atoms with Gasteiger partial charge in [0, 0.05) is 11.4 Å². The second-order valence-corrected chi connectivity index (χ2v) is 8.20. The topological polar surface area (TPSA) is 81.4 Å². The van der Waals surface area contributed by atoms with E-state index < -0.39 is 0 Å². The summed E-state index contributed by atoms with van der Waals surface area (Å²) in [6.07, 6.45) is 2.12. The molecule has 0 aliphatic carbocycles. The molecular weight excluding hydrogens is 416 g/mol. The van der Waals surface area contributed by atoms with Crippen molar-refractivity contribution in [2.45, 2.75) is 46.2 Å². The minimum Gasteiger partial charge on any atom is -0.484 e. The van der Waals surface area contributed by atoms with Crippen LogP contribution in [0.4, 0.5) is 0 Å². The van der Waals surface area contributed by atoms with Gasteiger partial charge in [0.1, 0.15) is 18.0 Å². The van der Waals surface area contributed by atoms with E-state index in [1.807, 2.05) is 74.5 Å². The summed E-state index contributed by atoms with van der Waals surface area (Å²) in [7, 11) is 0. The second-order valence-electron chi connectivity index (χ2n) is 8.20. The Morgan fingerprint density at radius 1 is 1.03 bits per heavy atom. The van der Waals surface area contributed by atoms with Gasteiger partial charge in [-0.15, -0.1) is 0 Å². The summed E-state index contributed by atoms with van der Waals surface area (Å²) in [5.74, 6) is 1.28. The smallest absolute Gasteiger partial charge is 0.261 e. The standard InChI is InChI=1S/C26H28N4O3/c1-4-7-19-10-13-21(14-11-19)32-17-25(31)30(18(2)3)16-24-28-26(29-33-24)23-15-12-20-8-5-6-9-22(20)27-23/h5-6,8-15,18H,4,7,16-17H2,1-3H3. The Bertz CT molecular complexity index is 1220. The van der Waals surface area contributed by atoms with E-state index in [4.69, 9.17) is 9.26 Å². The highest BCUT2D eigenvalue weighted by Crippen LogP contribution is 2.20. The lowest BCUT2D eigenvalue weighted by molar-refractivity contribution is -0.136. The number of nitrogens with zero attached hydrogens (tertiary/aromatic N) is 4. The number of para-hydroxylation sites is 1. The van der Waals surface area contributed by atoms with E-state index in [2.05, 4.69) is 22.0 Å². The van der Waals surface area contributed by atoms with E-state index >= 15 is 0 Å². The average molecular weight is 445 g/mol. The van der Waals surface area contributed by atoms with E-state index in [0.29, 0.717) is 23.2 Å². The molecule has 0 saturated heterocycles. The van der Waals surface area contributed by atoms with E-state index in [-0.39, 0.29) is 25.1 Å². The molecule has 170 valence electrons. The van der Waals surface area contributed by atoms with Gasteiger partial charge in [-0.05, 0) is 50.1 Å². The number of aromatic nitrogens is 3. The molecule has 0 aliphatic rings. The molecule has 0 bridgehead atoms. The van der Waals surface area contributed by atoms with Crippen molar-refractivity contribution in [2.24, 2.45) is 0 Å². The van der Waals surface area contributed by atoms with Crippen molar-refractivity contribution in [3.05, 3.63) is 72.1 Å². The molecule has 4 aromatic rings. The quantitative estimate of drug-likeness (QED) is 0.359. The van der Waals surface area contributed by atoms with Gasteiger partial charge in [-0.25, -0.2) is 4.98 Å². The molecule has 33 heavy (non-hydrogen) atoms. The van der Waals surface area contributed by atoms with Gasteiger partial charge in [-0.3, -0.25) is 4.79 Å². The maximum Gasteiger partial charge on any atom is 0.261 e. The molecule has 0 aliphatic heterocycles. The van der Waals surface area contributed by atoms with Crippen molar-refractivity contribution in [3.63, 3.8) is 0 Å². The summed E-state index contributed by atoms with van der Waals surface area (Å²) in [6.45, 7) is 6.18. The number of carbonyl (C=O) groups is 1. The lowest BCUT2D eigenvalue weighted by Gasteiger charge is -2.25. The first-order chi connectivity index (χ1) is 16.0. The highest BCUT2D eigenvalue weighted by Gasteiger charge is 2.21. The van der Waals surface area contributed by atoms with Crippen molar-refractivity contribution >= 4 is 16.8 Å². The Kier molecular flexibility index (Phi) is 6.98. The molecule has 7 nitrogen and oxygen atoms in total. The zero-order valence-electron chi connectivity index (χ0n) is 19.2. The molecule has 0 saturated carbocycles. The van der Waals surface area contributed by atoms with Crippen LogP contribution in [0.15, 0.2) is 65.2 Å². The highest BCUT2D eigenvalue weighted by molar-refractivity contribution is 5.80. The van der Waals surface area contributed by atoms with Gasteiger partial charge in [0.25, 0.3) is 5.91 Å². The fraction of sp³-hybridized carbons (Fsp3) is 0.308. The number of amides is 1. The van der Waals surface area contributed by atoms with Crippen LogP contribution in [-0.4, -0.2) is 38.6 Å². The Hall–Kier alpha value is -3.74. The maximum absolute atomic E-state index is 12.9. The third-order valence-electron chi connectivity index (χ3n) is 5.37. The lowest BCUT2D eigenvalue weighted by Crippen LogP contribution is -2.39. The fourth-order valence-electron chi connectivity index (χ4n) is 3.59. The van der Waals surface area contributed by atoms with E-state index in [1.54, 1.807) is 4.90 Å². The van der Waals surface area contributed by atoms with Crippen LogP contribution in [0, 0.1) is 0 Å². The van der Waals surface area contributed by atoms with Crippen molar-refractivity contribution < 1.29 is 14.1 Å². The number of pyridine rings is 1. The van der Waals surface area contributed by atoms with Crippen LogP contribution in [0.5, 0.6) is 5.75 Å². The average Bonchev–Trinajstić information content (AvgIpc) is 3.30. The molecule has 0 atom stereocenters. The van der Waals surface area contributed by atoms with Gasteiger partial charge < -0.3 is 14.2 Å². The van der Waals surface area contributed by atoms with Gasteiger partial charge in [0.05, 0.1) is 5.52 Å². The summed E-state index contributed by atoms with van der Waals surface area (Å²) >= 11 is 0. The predicted molar refractivity (Wildman–Crippen MR) is 127 cm³/mol. The fourth-order valence-corrected chi connectivity index (χ4v) is 3.59. The van der Waals surface area contributed by atoms with Crippen molar-refractivity contribution in [1.29, 1.82) is 0 Å². The normalized spacial score (nSPS) is 11.2. The summed E-state index contributed by atoms with van der Waals surface area (Å²) < 4.78 is 11.1. The van der Waals surface area contributed by atoms with Crippen LogP contribution in [0.3, 0.4) is 0 Å². The van der Waals surface area contributed by atoms with Crippen molar-refractivity contribution in [2.75, 3.05) is 6.61 Å². The first-order valence-corrected chi connectivity index (χ1v) is 11.2. The van der Waals surface area contributed by atoms with E-state index in [1.165, 1.54) is 5.56 Å². The largest absolute Gasteiger partial charge is 0.484 e. The molecule has 4 rings (SSSR count). The summed E-state index contributed by atoms with van der Waals surface area (Å²) in [4.78, 5) is 23.6. The van der Waals surface area contributed by atoms with E-state index in [0.717, 1.165) is 23.7 Å². The van der Waals surface area contributed by atoms with Crippen LogP contribution in [0.1, 0.15) is 38.6 Å². The molecule has 0 fully saturated rings. The van der Waals surface area contributed by atoms with E-state index in [9.17, 15) is 4.79 Å². The Morgan fingerprint density at radius 3 is 2.58 bits per heavy atom. The van der Waals surface area contributed by atoms with Crippen LogP contribution in [0.25, 0.3) is 22.4 Å². The van der Waals surface area contributed by atoms with Crippen molar-refractivity contribution in [3.8, 4) is 17.3 Å². The first-order valence-electron chi connectivity index (χ1n) is 11.2. The number of aryl methyl sites for hydroxylation is 1. The lowest BCUT2D eigenvalue weighted by atomic mass is 10.1. The van der Waals surface area contributed by atoms with Gasteiger partial charge in [-0.1, -0.05) is 54.9 Å². The summed E-state index contributed by atoms with van der Waals surface area (Å²) in [5, 5.41) is 5.11. The van der Waals surface area contributed by atoms with Gasteiger partial charge in [0.15, 0.2) is 6.61 Å². The molecule has 2 heterocycles. The molecule has 7 heteroatoms. The molecule has 0 unspecified atom stereocenters. The number of benzene rings is 2. The minimum atomic E-state index is -0.147. The molecular formula is C26H28N4O3. The molecule has 1 amide bonds. The summed E-state index contributed by atoms with van der Waals surface area (Å²) in [6, 6.07) is 19.5. The summed E-state index contributed by atoms with van der Waals surface area (Å²) in [5.41, 5.74) is 2.74. The van der Waals surface area contributed by atoms with Gasteiger partial charge in [-0.2, -0.15) is 4.98 Å². The number of rotatable bonds is 9. The number of ether oxygens (including phenoxy) is 1. The Balaban J connectivity index is 1.41. The van der Waals surface area contributed by atoms with Crippen LogP contribution < -0.4 is 4.74 Å². The number of fused-ring (bicyclic) bond motifs is 1. The predicted octanol–water partition coefficient (Wildman–Crippen LogP) is 5.05. The third-order valence-corrected chi connectivity index (χ3v) is 5.37. The first kappa shape index (κ1) is 22.5. The second kappa shape index (κ2) is 10.3. The third kappa shape index (κ3) is 5.55. The monoisotopic (exact) mass is 444 g/mol. The minimum absolute atomic E-state index is 0.0535. The SMILES string of the molecule is CCCc1ccc(OCC(=O)N(Cc2nc(-c3ccc4ccccc4n3)no2)C(C)C)cc1. The molecule has 0 N–H and O–H groups in total. The van der Waals surface area contributed by atoms with Crippen LogP contribution in [-0.2, 0) is 17.8 Å². The molecule has 2 aromatic carbocycles. The highest BCUT2D eigenvalue weighted by atomic mass is 16.5. The molecule has 0 spiro atoms. The Labute approximate surface area is 193 Å². The Morgan fingerprint density at radius 2 is 1.82 bits per heavy atom. The van der Waals surface area contributed by atoms with Crippen molar-refractivity contribution in [1.82, 2.24) is 20.0 Å². The maximum atomic E-state index is 12.9. The molecule has 2 aromatic heterocycles. The van der Waals surface area contributed by atoms with Gasteiger partial charge >= 0.3 is 0 Å². The van der Waals surface area contributed by atoms with Gasteiger partial charge in [0.2, 0.25) is 11.7 Å². The number of hydrogen-bond donors (Lipinski definition) is 0. The zero-order valence-corrected chi connectivity index (χ0v) is 19.2. The number of hydrogen-bond acceptors (Lipinski definition) is 6. The molecule has 0 radical (unpaired) electrons. The van der Waals surface area contributed by atoms with Crippen LogP contribution in [0.2, 0.25) is 0 Å². The number of carbonyl (C=O) groups excluding carboxylic acids is 1. The zero-order chi connectivity index (χ0) is 23.2. The van der Waals surface area contributed by atoms with Crippen LogP contribution >= 0.6 is 0 Å².